The van der Waals surface area contributed by atoms with Gasteiger partial charge in [-0.05, 0) is 36.4 Å². The summed E-state index contributed by atoms with van der Waals surface area (Å²) < 4.78 is 6.38. The van der Waals surface area contributed by atoms with Crippen molar-refractivity contribution in [1.29, 1.82) is 0 Å². The Kier molecular flexibility index (Phi) is 5.71. The number of pyridine rings is 1. The van der Waals surface area contributed by atoms with E-state index in [1.807, 2.05) is 84.5 Å². The Morgan fingerprint density at radius 1 is 0.607 bits per heavy atom. The lowest BCUT2D eigenvalue weighted by Gasteiger charge is -1.91. The lowest BCUT2D eigenvalue weighted by Crippen LogP contribution is -1.73. The van der Waals surface area contributed by atoms with Crippen molar-refractivity contribution in [2.45, 2.75) is 0 Å². The predicted molar refractivity (Wildman–Crippen MR) is 118 cm³/mol. The van der Waals surface area contributed by atoms with Gasteiger partial charge in [0.2, 0.25) is 0 Å². The molecule has 4 heteroatoms. The molecule has 0 amide bonds. The summed E-state index contributed by atoms with van der Waals surface area (Å²) in [4.78, 5) is 8.32. The Morgan fingerprint density at radius 3 is 2.14 bits per heavy atom. The monoisotopic (exact) mass is 382 g/mol. The van der Waals surface area contributed by atoms with Crippen molar-refractivity contribution in [3.05, 3.63) is 109 Å². The number of hydrogen-bond acceptors (Lipinski definition) is 4. The van der Waals surface area contributed by atoms with Crippen molar-refractivity contribution in [2.75, 3.05) is 0 Å². The zero-order chi connectivity index (χ0) is 19.0. The molecule has 3 aromatic heterocycles. The van der Waals surface area contributed by atoms with Gasteiger partial charge in [-0.1, -0.05) is 54.6 Å². The Balaban J connectivity index is 0.000000103. The highest BCUT2D eigenvalue weighted by Gasteiger charge is 1.90. The van der Waals surface area contributed by atoms with E-state index in [1.165, 1.54) is 10.1 Å². The van der Waals surface area contributed by atoms with Crippen LogP contribution in [-0.2, 0) is 0 Å². The first-order chi connectivity index (χ1) is 13.9. The summed E-state index contributed by atoms with van der Waals surface area (Å²) in [6.45, 7) is 0. The SMILES string of the molecule is c1ccc2ncccc2c1.c1ccc2occc2c1.c1ccc2scnc2c1. The average Bonchev–Trinajstić information content (AvgIpc) is 3.44. The van der Waals surface area contributed by atoms with E-state index in [4.69, 9.17) is 4.42 Å². The summed E-state index contributed by atoms with van der Waals surface area (Å²) in [6.07, 6.45) is 3.51. The van der Waals surface area contributed by atoms with Crippen LogP contribution in [0.25, 0.3) is 32.1 Å². The molecule has 0 N–H and O–H groups in total. The molecule has 0 fully saturated rings. The molecule has 6 aromatic rings. The van der Waals surface area contributed by atoms with Crippen LogP contribution in [0.4, 0.5) is 0 Å². The molecule has 3 aromatic carbocycles. The van der Waals surface area contributed by atoms with E-state index >= 15 is 0 Å². The zero-order valence-electron chi connectivity index (χ0n) is 15.1. The molecule has 136 valence electrons. The third kappa shape index (κ3) is 4.42. The molecule has 0 spiro atoms. The number of benzene rings is 3. The Bertz CT molecular complexity index is 1100. The maximum atomic E-state index is 5.12. The smallest absolute Gasteiger partial charge is 0.133 e. The zero-order valence-corrected chi connectivity index (χ0v) is 15.9. The molecule has 0 saturated carbocycles. The van der Waals surface area contributed by atoms with Gasteiger partial charge in [0.1, 0.15) is 5.58 Å². The average molecular weight is 382 g/mol. The van der Waals surface area contributed by atoms with Gasteiger partial charge in [0.25, 0.3) is 0 Å². The molecule has 0 radical (unpaired) electrons. The van der Waals surface area contributed by atoms with Crippen LogP contribution >= 0.6 is 11.3 Å². The van der Waals surface area contributed by atoms with Crippen molar-refractivity contribution < 1.29 is 4.42 Å². The fourth-order valence-electron chi connectivity index (χ4n) is 2.73. The van der Waals surface area contributed by atoms with Crippen LogP contribution in [0.5, 0.6) is 0 Å². The number of thiazole rings is 1. The molecular formula is C24H18N2OS. The fraction of sp³-hybridized carbons (Fsp3) is 0. The summed E-state index contributed by atoms with van der Waals surface area (Å²) in [6, 6.07) is 30.1. The number of furan rings is 1. The van der Waals surface area contributed by atoms with E-state index in [1.54, 1.807) is 17.6 Å². The van der Waals surface area contributed by atoms with Crippen LogP contribution in [0.3, 0.4) is 0 Å². The molecule has 0 atom stereocenters. The molecular weight excluding hydrogens is 364 g/mol. The number of aromatic nitrogens is 2. The first-order valence-electron chi connectivity index (χ1n) is 8.90. The van der Waals surface area contributed by atoms with Crippen molar-refractivity contribution in [1.82, 2.24) is 9.97 Å². The molecule has 28 heavy (non-hydrogen) atoms. The van der Waals surface area contributed by atoms with Gasteiger partial charge in [0, 0.05) is 17.0 Å². The first-order valence-corrected chi connectivity index (χ1v) is 9.78. The van der Waals surface area contributed by atoms with E-state index in [2.05, 4.69) is 28.2 Å². The lowest BCUT2D eigenvalue weighted by molar-refractivity contribution is 0.616. The molecule has 3 nitrogen and oxygen atoms in total. The summed E-state index contributed by atoms with van der Waals surface area (Å²) in [5, 5.41) is 2.36. The second kappa shape index (κ2) is 8.93. The van der Waals surface area contributed by atoms with Gasteiger partial charge < -0.3 is 4.42 Å². The summed E-state index contributed by atoms with van der Waals surface area (Å²) in [5.74, 6) is 0. The number of rotatable bonds is 0. The molecule has 0 unspecified atom stereocenters. The summed E-state index contributed by atoms with van der Waals surface area (Å²) in [5.41, 5.74) is 4.98. The van der Waals surface area contributed by atoms with Gasteiger partial charge >= 0.3 is 0 Å². The van der Waals surface area contributed by atoms with Crippen LogP contribution in [-0.4, -0.2) is 9.97 Å². The van der Waals surface area contributed by atoms with Gasteiger partial charge in [0.05, 0.1) is 27.5 Å². The molecule has 0 aliphatic heterocycles. The summed E-state index contributed by atoms with van der Waals surface area (Å²) >= 11 is 1.68. The third-order valence-corrected chi connectivity index (χ3v) is 4.92. The predicted octanol–water partition coefficient (Wildman–Crippen LogP) is 6.96. The Morgan fingerprint density at radius 2 is 1.32 bits per heavy atom. The fourth-order valence-corrected chi connectivity index (χ4v) is 3.40. The number of fused-ring (bicyclic) bond motifs is 3. The van der Waals surface area contributed by atoms with Crippen molar-refractivity contribution in [2.24, 2.45) is 0 Å². The first kappa shape index (κ1) is 17.9. The van der Waals surface area contributed by atoms with Crippen LogP contribution < -0.4 is 0 Å². The van der Waals surface area contributed by atoms with E-state index in [0.717, 1.165) is 22.0 Å². The van der Waals surface area contributed by atoms with E-state index in [0.29, 0.717) is 0 Å². The van der Waals surface area contributed by atoms with Gasteiger partial charge in [-0.3, -0.25) is 4.98 Å². The second-order valence-corrected chi connectivity index (χ2v) is 6.86. The van der Waals surface area contributed by atoms with Crippen molar-refractivity contribution in [3.63, 3.8) is 0 Å². The standard InChI is InChI=1S/C9H7N.C8H6O.C7H5NS/c1-2-6-9-8(4-1)5-3-7-10-9;1-2-4-8-7(3-1)5-6-9-8;1-2-4-7-6(3-1)8-5-9-7/h1-7H;1-6H;1-5H. The number of para-hydroxylation sites is 3. The van der Waals surface area contributed by atoms with Gasteiger partial charge in [-0.25, -0.2) is 4.98 Å². The number of hydrogen-bond donors (Lipinski definition) is 0. The van der Waals surface area contributed by atoms with Crippen LogP contribution in [0.1, 0.15) is 0 Å². The minimum atomic E-state index is 0.956. The highest BCUT2D eigenvalue weighted by molar-refractivity contribution is 7.16. The lowest BCUT2D eigenvalue weighted by atomic mass is 10.2. The minimum absolute atomic E-state index is 0.956. The van der Waals surface area contributed by atoms with Gasteiger partial charge in [-0.15, -0.1) is 11.3 Å². The van der Waals surface area contributed by atoms with E-state index in [-0.39, 0.29) is 0 Å². The van der Waals surface area contributed by atoms with Crippen LogP contribution in [0.2, 0.25) is 0 Å². The van der Waals surface area contributed by atoms with Crippen LogP contribution in [0, 0.1) is 0 Å². The topological polar surface area (TPSA) is 38.9 Å². The normalized spacial score (nSPS) is 10.1. The third-order valence-electron chi connectivity index (χ3n) is 4.11. The molecule has 3 heterocycles. The molecule has 6 rings (SSSR count). The highest BCUT2D eigenvalue weighted by atomic mass is 32.1. The quantitative estimate of drug-likeness (QED) is 0.285. The van der Waals surface area contributed by atoms with Gasteiger partial charge in [-0.2, -0.15) is 0 Å². The Hall–Kier alpha value is -3.50. The maximum absolute atomic E-state index is 5.12. The van der Waals surface area contributed by atoms with Crippen molar-refractivity contribution in [3.8, 4) is 0 Å². The van der Waals surface area contributed by atoms with Crippen LogP contribution in [0.15, 0.2) is 113 Å². The molecule has 0 aliphatic rings. The minimum Gasteiger partial charge on any atom is -0.464 e. The van der Waals surface area contributed by atoms with Crippen molar-refractivity contribution >= 4 is 43.4 Å². The van der Waals surface area contributed by atoms with E-state index in [9.17, 15) is 0 Å². The van der Waals surface area contributed by atoms with Gasteiger partial charge in [0.15, 0.2) is 0 Å². The second-order valence-electron chi connectivity index (χ2n) is 5.97. The molecule has 0 aliphatic carbocycles. The highest BCUT2D eigenvalue weighted by Crippen LogP contribution is 2.15. The Labute approximate surface area is 166 Å². The van der Waals surface area contributed by atoms with E-state index < -0.39 is 0 Å². The maximum Gasteiger partial charge on any atom is 0.133 e. The largest absolute Gasteiger partial charge is 0.464 e. The summed E-state index contributed by atoms with van der Waals surface area (Å²) in [7, 11) is 0. The molecule has 0 bridgehead atoms. The molecule has 0 saturated heterocycles. The number of nitrogens with zero attached hydrogens (tertiary/aromatic N) is 2.